The molecule has 1 heterocycles. The SMILES string of the molecule is CNC(=S)NCc1nnc(C)n1C. The first-order valence-corrected chi connectivity index (χ1v) is 4.36. The summed E-state index contributed by atoms with van der Waals surface area (Å²) in [5.41, 5.74) is 0. The largest absolute Gasteiger partial charge is 0.366 e. The van der Waals surface area contributed by atoms with Crippen LogP contribution in [-0.2, 0) is 13.6 Å². The summed E-state index contributed by atoms with van der Waals surface area (Å²) in [4.78, 5) is 0. The van der Waals surface area contributed by atoms with Crippen molar-refractivity contribution in [1.29, 1.82) is 0 Å². The lowest BCUT2D eigenvalue weighted by Gasteiger charge is -2.05. The van der Waals surface area contributed by atoms with Gasteiger partial charge in [-0.2, -0.15) is 0 Å². The molecule has 0 unspecified atom stereocenters. The summed E-state index contributed by atoms with van der Waals surface area (Å²) in [6.07, 6.45) is 0. The van der Waals surface area contributed by atoms with E-state index in [1.54, 1.807) is 7.05 Å². The van der Waals surface area contributed by atoms with E-state index in [1.165, 1.54) is 0 Å². The molecule has 0 saturated heterocycles. The fraction of sp³-hybridized carbons (Fsp3) is 0.571. The third-order valence-corrected chi connectivity index (χ3v) is 2.17. The third-order valence-electron chi connectivity index (χ3n) is 1.82. The van der Waals surface area contributed by atoms with Gasteiger partial charge in [-0.15, -0.1) is 10.2 Å². The minimum atomic E-state index is 0.594. The van der Waals surface area contributed by atoms with Crippen LogP contribution in [0, 0.1) is 6.92 Å². The van der Waals surface area contributed by atoms with Crippen molar-refractivity contribution < 1.29 is 0 Å². The highest BCUT2D eigenvalue weighted by molar-refractivity contribution is 7.80. The summed E-state index contributed by atoms with van der Waals surface area (Å²) in [5, 5.41) is 14.3. The second kappa shape index (κ2) is 4.18. The van der Waals surface area contributed by atoms with Gasteiger partial charge in [0.1, 0.15) is 5.82 Å². The van der Waals surface area contributed by atoms with Gasteiger partial charge in [0.25, 0.3) is 0 Å². The van der Waals surface area contributed by atoms with Gasteiger partial charge < -0.3 is 15.2 Å². The Morgan fingerprint density at radius 1 is 1.54 bits per heavy atom. The molecule has 13 heavy (non-hydrogen) atoms. The molecule has 0 radical (unpaired) electrons. The second-order valence-corrected chi connectivity index (χ2v) is 3.06. The van der Waals surface area contributed by atoms with E-state index in [4.69, 9.17) is 12.2 Å². The van der Waals surface area contributed by atoms with Crippen LogP contribution >= 0.6 is 12.2 Å². The highest BCUT2D eigenvalue weighted by atomic mass is 32.1. The van der Waals surface area contributed by atoms with Crippen LogP contribution in [0.3, 0.4) is 0 Å². The Morgan fingerprint density at radius 3 is 2.69 bits per heavy atom. The van der Waals surface area contributed by atoms with Gasteiger partial charge in [0.15, 0.2) is 10.9 Å². The van der Waals surface area contributed by atoms with Gasteiger partial charge in [0, 0.05) is 14.1 Å². The second-order valence-electron chi connectivity index (χ2n) is 2.66. The first-order valence-electron chi connectivity index (χ1n) is 3.95. The van der Waals surface area contributed by atoms with Gasteiger partial charge in [0.2, 0.25) is 0 Å². The molecule has 0 bridgehead atoms. The number of aromatic nitrogens is 3. The number of rotatable bonds is 2. The molecule has 1 aromatic heterocycles. The van der Waals surface area contributed by atoms with Crippen molar-refractivity contribution in [3.8, 4) is 0 Å². The monoisotopic (exact) mass is 199 g/mol. The lowest BCUT2D eigenvalue weighted by atomic mass is 10.5. The van der Waals surface area contributed by atoms with E-state index in [9.17, 15) is 0 Å². The fourth-order valence-corrected chi connectivity index (χ4v) is 0.925. The molecule has 2 N–H and O–H groups in total. The van der Waals surface area contributed by atoms with Crippen molar-refractivity contribution in [2.75, 3.05) is 7.05 Å². The number of aryl methyl sites for hydroxylation is 1. The van der Waals surface area contributed by atoms with Crippen LogP contribution in [0.2, 0.25) is 0 Å². The summed E-state index contributed by atoms with van der Waals surface area (Å²) in [6, 6.07) is 0. The first-order chi connectivity index (χ1) is 6.15. The van der Waals surface area contributed by atoms with Crippen LogP contribution in [0.25, 0.3) is 0 Å². The maximum absolute atomic E-state index is 4.92. The van der Waals surface area contributed by atoms with Crippen LogP contribution in [0.5, 0.6) is 0 Å². The Kier molecular flexibility index (Phi) is 3.18. The Morgan fingerprint density at radius 2 is 2.23 bits per heavy atom. The minimum Gasteiger partial charge on any atom is -0.366 e. The molecule has 0 fully saturated rings. The molecular formula is C7H13N5S. The molecular weight excluding hydrogens is 186 g/mol. The molecule has 0 aromatic carbocycles. The summed E-state index contributed by atoms with van der Waals surface area (Å²) < 4.78 is 1.92. The predicted octanol–water partition coefficient (Wildman–Crippen LogP) is -0.283. The number of nitrogens with zero attached hydrogens (tertiary/aromatic N) is 3. The Labute approximate surface area is 82.5 Å². The zero-order valence-corrected chi connectivity index (χ0v) is 8.77. The third kappa shape index (κ3) is 2.38. The van der Waals surface area contributed by atoms with Gasteiger partial charge in [0.05, 0.1) is 6.54 Å². The molecule has 6 heteroatoms. The van der Waals surface area contributed by atoms with Crippen LogP contribution in [0.1, 0.15) is 11.6 Å². The zero-order valence-electron chi connectivity index (χ0n) is 7.96. The number of hydrogen-bond acceptors (Lipinski definition) is 3. The first kappa shape index (κ1) is 9.91. The molecule has 0 aliphatic rings. The van der Waals surface area contributed by atoms with E-state index in [-0.39, 0.29) is 0 Å². The molecule has 0 saturated carbocycles. The lowest BCUT2D eigenvalue weighted by Crippen LogP contribution is -2.32. The van der Waals surface area contributed by atoms with Crippen molar-refractivity contribution in [3.05, 3.63) is 11.6 Å². The van der Waals surface area contributed by atoms with E-state index in [0.29, 0.717) is 11.7 Å². The number of hydrogen-bond donors (Lipinski definition) is 2. The Hall–Kier alpha value is -1.17. The molecule has 0 spiro atoms. The highest BCUT2D eigenvalue weighted by Crippen LogP contribution is 1.95. The zero-order chi connectivity index (χ0) is 9.84. The number of nitrogens with one attached hydrogen (secondary N) is 2. The maximum atomic E-state index is 4.92. The molecule has 0 amide bonds. The molecule has 72 valence electrons. The smallest absolute Gasteiger partial charge is 0.166 e. The molecule has 5 nitrogen and oxygen atoms in total. The van der Waals surface area contributed by atoms with Crippen molar-refractivity contribution in [3.63, 3.8) is 0 Å². The van der Waals surface area contributed by atoms with Crippen molar-refractivity contribution in [2.24, 2.45) is 7.05 Å². The van der Waals surface area contributed by atoms with Gasteiger partial charge in [-0.1, -0.05) is 0 Å². The minimum absolute atomic E-state index is 0.594. The molecule has 1 aromatic rings. The van der Waals surface area contributed by atoms with Crippen LogP contribution in [-0.4, -0.2) is 26.9 Å². The van der Waals surface area contributed by atoms with Gasteiger partial charge in [-0.25, -0.2) is 0 Å². The van der Waals surface area contributed by atoms with E-state index in [2.05, 4.69) is 20.8 Å². The van der Waals surface area contributed by atoms with E-state index in [0.717, 1.165) is 11.6 Å². The molecule has 0 aliphatic heterocycles. The average Bonchev–Trinajstić information content (AvgIpc) is 2.44. The average molecular weight is 199 g/mol. The standard InChI is InChI=1S/C7H13N5S/c1-5-10-11-6(12(5)3)4-9-7(13)8-2/h4H2,1-3H3,(H2,8,9,13). The summed E-state index contributed by atoms with van der Waals surface area (Å²) in [5.74, 6) is 1.77. The summed E-state index contributed by atoms with van der Waals surface area (Å²) in [7, 11) is 3.70. The summed E-state index contributed by atoms with van der Waals surface area (Å²) in [6.45, 7) is 2.50. The maximum Gasteiger partial charge on any atom is 0.166 e. The van der Waals surface area contributed by atoms with Crippen LogP contribution in [0.4, 0.5) is 0 Å². The molecule has 0 atom stereocenters. The Balaban J connectivity index is 2.55. The van der Waals surface area contributed by atoms with Gasteiger partial charge in [-0.3, -0.25) is 0 Å². The summed E-state index contributed by atoms with van der Waals surface area (Å²) >= 11 is 4.92. The van der Waals surface area contributed by atoms with Gasteiger partial charge in [-0.05, 0) is 19.1 Å². The quantitative estimate of drug-likeness (QED) is 0.641. The molecule has 1 rings (SSSR count). The normalized spacial score (nSPS) is 9.77. The topological polar surface area (TPSA) is 54.8 Å². The Bertz CT molecular complexity index is 306. The number of thiocarbonyl (C=S) groups is 1. The van der Waals surface area contributed by atoms with E-state index in [1.807, 2.05) is 18.5 Å². The molecule has 0 aliphatic carbocycles. The van der Waals surface area contributed by atoms with Crippen molar-refractivity contribution in [1.82, 2.24) is 25.4 Å². The fourth-order valence-electron chi connectivity index (χ4n) is 0.853. The lowest BCUT2D eigenvalue weighted by molar-refractivity contribution is 0.733. The van der Waals surface area contributed by atoms with Crippen molar-refractivity contribution >= 4 is 17.3 Å². The van der Waals surface area contributed by atoms with Crippen LogP contribution < -0.4 is 10.6 Å². The predicted molar refractivity (Wildman–Crippen MR) is 54.2 cm³/mol. The van der Waals surface area contributed by atoms with Crippen molar-refractivity contribution in [2.45, 2.75) is 13.5 Å². The van der Waals surface area contributed by atoms with Gasteiger partial charge >= 0.3 is 0 Å². The van der Waals surface area contributed by atoms with Crippen LogP contribution in [0.15, 0.2) is 0 Å². The highest BCUT2D eigenvalue weighted by Gasteiger charge is 2.03. The van der Waals surface area contributed by atoms with E-state index < -0.39 is 0 Å². The van der Waals surface area contributed by atoms with E-state index >= 15 is 0 Å².